The Morgan fingerprint density at radius 3 is 2.42 bits per heavy atom. The third-order valence-electron chi connectivity index (χ3n) is 3.02. The molecular weight excluding hydrogens is 148 g/mol. The highest BCUT2D eigenvalue weighted by molar-refractivity contribution is 5.06. The molecule has 0 N–H and O–H groups in total. The fraction of sp³-hybridized carbons (Fsp3) is 0.818. The Bertz CT molecular complexity index is 173. The Kier molecular flexibility index (Phi) is 2.94. The first-order chi connectivity index (χ1) is 5.60. The van der Waals surface area contributed by atoms with E-state index in [4.69, 9.17) is 4.74 Å². The minimum atomic E-state index is 0.424. The van der Waals surface area contributed by atoms with E-state index in [-0.39, 0.29) is 0 Å². The van der Waals surface area contributed by atoms with Crippen molar-refractivity contribution in [1.82, 2.24) is 0 Å². The summed E-state index contributed by atoms with van der Waals surface area (Å²) < 4.78 is 5.38. The van der Waals surface area contributed by atoms with Gasteiger partial charge >= 0.3 is 0 Å². The molecule has 0 amide bonds. The van der Waals surface area contributed by atoms with Crippen molar-refractivity contribution in [3.05, 3.63) is 11.6 Å². The second-order valence-electron chi connectivity index (χ2n) is 4.23. The molecule has 0 heterocycles. The lowest BCUT2D eigenvalue weighted by molar-refractivity contribution is 0.0558. The minimum absolute atomic E-state index is 0.424. The quantitative estimate of drug-likeness (QED) is 0.586. The van der Waals surface area contributed by atoms with Crippen LogP contribution in [-0.4, -0.2) is 13.2 Å². The molecule has 0 aliphatic heterocycles. The monoisotopic (exact) mass is 168 g/mol. The second kappa shape index (κ2) is 3.61. The lowest BCUT2D eigenvalue weighted by Gasteiger charge is -2.20. The van der Waals surface area contributed by atoms with Gasteiger partial charge in [0.2, 0.25) is 0 Å². The molecule has 0 saturated heterocycles. The smallest absolute Gasteiger partial charge is 0.0602 e. The Morgan fingerprint density at radius 2 is 2.08 bits per heavy atom. The SMILES string of the molecule is COC(C)C1(CC=C(C)C)CC1. The van der Waals surface area contributed by atoms with Crippen LogP contribution in [0.15, 0.2) is 11.6 Å². The average Bonchev–Trinajstić information content (AvgIpc) is 2.80. The van der Waals surface area contributed by atoms with Gasteiger partial charge in [-0.15, -0.1) is 0 Å². The zero-order valence-electron chi connectivity index (χ0n) is 8.68. The van der Waals surface area contributed by atoms with Gasteiger partial charge in [0.05, 0.1) is 6.10 Å². The summed E-state index contributed by atoms with van der Waals surface area (Å²) in [7, 11) is 1.81. The summed E-state index contributed by atoms with van der Waals surface area (Å²) in [5.74, 6) is 0. The molecule has 1 unspecified atom stereocenters. The molecule has 1 fully saturated rings. The van der Waals surface area contributed by atoms with Crippen LogP contribution in [-0.2, 0) is 4.74 Å². The molecule has 1 atom stereocenters. The molecule has 0 radical (unpaired) electrons. The van der Waals surface area contributed by atoms with Crippen LogP contribution in [0.1, 0.15) is 40.0 Å². The molecule has 1 rings (SSSR count). The van der Waals surface area contributed by atoms with Crippen LogP contribution in [0.25, 0.3) is 0 Å². The predicted molar refractivity (Wildman–Crippen MR) is 52.2 cm³/mol. The van der Waals surface area contributed by atoms with E-state index in [0.29, 0.717) is 11.5 Å². The maximum absolute atomic E-state index is 5.38. The largest absolute Gasteiger partial charge is 0.381 e. The number of hydrogen-bond acceptors (Lipinski definition) is 1. The summed E-state index contributed by atoms with van der Waals surface area (Å²) in [6.07, 6.45) is 6.64. The fourth-order valence-corrected chi connectivity index (χ4v) is 1.59. The van der Waals surface area contributed by atoms with Gasteiger partial charge in [-0.05, 0) is 45.4 Å². The van der Waals surface area contributed by atoms with E-state index in [9.17, 15) is 0 Å². The van der Waals surface area contributed by atoms with Gasteiger partial charge in [0.1, 0.15) is 0 Å². The number of methoxy groups -OCH3 is 1. The van der Waals surface area contributed by atoms with Gasteiger partial charge in [-0.25, -0.2) is 0 Å². The van der Waals surface area contributed by atoms with Crippen LogP contribution in [0.5, 0.6) is 0 Å². The van der Waals surface area contributed by atoms with Crippen molar-refractivity contribution in [2.45, 2.75) is 46.1 Å². The molecule has 1 nitrogen and oxygen atoms in total. The Labute approximate surface area is 75.8 Å². The molecule has 0 aromatic rings. The van der Waals surface area contributed by atoms with E-state index in [1.165, 1.54) is 24.8 Å². The number of hydrogen-bond donors (Lipinski definition) is 0. The first kappa shape index (κ1) is 9.79. The maximum Gasteiger partial charge on any atom is 0.0602 e. The lowest BCUT2D eigenvalue weighted by Crippen LogP contribution is -2.19. The first-order valence-corrected chi connectivity index (χ1v) is 4.77. The van der Waals surface area contributed by atoms with Gasteiger partial charge in [-0.2, -0.15) is 0 Å². The molecule has 0 aromatic carbocycles. The highest BCUT2D eigenvalue weighted by Crippen LogP contribution is 2.53. The molecule has 0 aromatic heterocycles. The van der Waals surface area contributed by atoms with Crippen LogP contribution in [0.4, 0.5) is 0 Å². The molecule has 0 bridgehead atoms. The predicted octanol–water partition coefficient (Wildman–Crippen LogP) is 3.16. The van der Waals surface area contributed by atoms with Crippen molar-refractivity contribution in [3.8, 4) is 0 Å². The molecule has 1 aliphatic rings. The lowest BCUT2D eigenvalue weighted by atomic mass is 9.95. The Morgan fingerprint density at radius 1 is 1.50 bits per heavy atom. The second-order valence-corrected chi connectivity index (χ2v) is 4.23. The van der Waals surface area contributed by atoms with E-state index < -0.39 is 0 Å². The third-order valence-corrected chi connectivity index (χ3v) is 3.02. The molecule has 1 saturated carbocycles. The normalized spacial score (nSPS) is 21.7. The van der Waals surface area contributed by atoms with E-state index in [1.807, 2.05) is 7.11 Å². The number of ether oxygens (including phenoxy) is 1. The van der Waals surface area contributed by atoms with E-state index >= 15 is 0 Å². The Hall–Kier alpha value is -0.300. The molecular formula is C11H20O. The van der Waals surface area contributed by atoms with Crippen LogP contribution in [0.3, 0.4) is 0 Å². The van der Waals surface area contributed by atoms with Crippen LogP contribution in [0.2, 0.25) is 0 Å². The van der Waals surface area contributed by atoms with Crippen molar-refractivity contribution >= 4 is 0 Å². The molecule has 12 heavy (non-hydrogen) atoms. The summed E-state index contributed by atoms with van der Waals surface area (Å²) in [5, 5.41) is 0. The van der Waals surface area contributed by atoms with Gasteiger partial charge in [0.15, 0.2) is 0 Å². The average molecular weight is 168 g/mol. The molecule has 1 aliphatic carbocycles. The van der Waals surface area contributed by atoms with Crippen molar-refractivity contribution in [3.63, 3.8) is 0 Å². The molecule has 1 heteroatoms. The van der Waals surface area contributed by atoms with Gasteiger partial charge in [0, 0.05) is 7.11 Å². The minimum Gasteiger partial charge on any atom is -0.381 e. The van der Waals surface area contributed by atoms with E-state index in [1.54, 1.807) is 0 Å². The van der Waals surface area contributed by atoms with Gasteiger partial charge in [-0.1, -0.05) is 11.6 Å². The molecule has 70 valence electrons. The highest BCUT2D eigenvalue weighted by atomic mass is 16.5. The maximum atomic E-state index is 5.38. The first-order valence-electron chi connectivity index (χ1n) is 4.77. The van der Waals surface area contributed by atoms with Crippen molar-refractivity contribution < 1.29 is 4.74 Å². The summed E-state index contributed by atoms with van der Waals surface area (Å²) in [6, 6.07) is 0. The van der Waals surface area contributed by atoms with E-state index in [2.05, 4.69) is 26.8 Å². The van der Waals surface area contributed by atoms with Gasteiger partial charge in [-0.3, -0.25) is 0 Å². The standard InChI is InChI=1S/C11H20O/c1-9(2)5-6-11(7-8-11)10(3)12-4/h5,10H,6-8H2,1-4H3. The number of allylic oxidation sites excluding steroid dienone is 2. The van der Waals surface area contributed by atoms with E-state index in [0.717, 1.165) is 0 Å². The van der Waals surface area contributed by atoms with Crippen molar-refractivity contribution in [2.75, 3.05) is 7.11 Å². The molecule has 0 spiro atoms. The summed E-state index contributed by atoms with van der Waals surface area (Å²) in [5.41, 5.74) is 1.91. The van der Waals surface area contributed by atoms with Gasteiger partial charge in [0.25, 0.3) is 0 Å². The summed E-state index contributed by atoms with van der Waals surface area (Å²) in [4.78, 5) is 0. The summed E-state index contributed by atoms with van der Waals surface area (Å²) >= 11 is 0. The van der Waals surface area contributed by atoms with Gasteiger partial charge < -0.3 is 4.74 Å². The number of rotatable bonds is 4. The third kappa shape index (κ3) is 2.10. The fourth-order valence-electron chi connectivity index (χ4n) is 1.59. The highest BCUT2D eigenvalue weighted by Gasteiger charge is 2.46. The zero-order chi connectivity index (χ0) is 9.19. The van der Waals surface area contributed by atoms with Crippen molar-refractivity contribution in [1.29, 1.82) is 0 Å². The summed E-state index contributed by atoms with van der Waals surface area (Å²) in [6.45, 7) is 6.51. The zero-order valence-corrected chi connectivity index (χ0v) is 8.68. The van der Waals surface area contributed by atoms with Crippen LogP contribution in [0, 0.1) is 5.41 Å². The van der Waals surface area contributed by atoms with Crippen molar-refractivity contribution in [2.24, 2.45) is 5.41 Å². The van der Waals surface area contributed by atoms with Crippen LogP contribution >= 0.6 is 0 Å². The van der Waals surface area contributed by atoms with Crippen LogP contribution < -0.4 is 0 Å². The Balaban J connectivity index is 2.45. The topological polar surface area (TPSA) is 9.23 Å².